The second kappa shape index (κ2) is 5.43. The quantitative estimate of drug-likeness (QED) is 0.705. The molecule has 3 fully saturated rings. The zero-order chi connectivity index (χ0) is 19.9. The van der Waals surface area contributed by atoms with E-state index in [1.54, 1.807) is 0 Å². The molecule has 27 heavy (non-hydrogen) atoms. The van der Waals surface area contributed by atoms with Crippen LogP contribution < -0.4 is 0 Å². The number of ether oxygens (including phenoxy) is 2. The second-order valence-electron chi connectivity index (χ2n) is 9.48. The van der Waals surface area contributed by atoms with Gasteiger partial charge in [-0.15, -0.1) is 0 Å². The molecule has 0 amide bonds. The first-order chi connectivity index (χ1) is 12.5. The van der Waals surface area contributed by atoms with Crippen molar-refractivity contribution in [3.05, 3.63) is 11.8 Å². The number of carbonyl (C=O) groups excluding carboxylic acids is 3. The third-order valence-corrected chi connectivity index (χ3v) is 8.42. The Kier molecular flexibility index (Phi) is 3.76. The largest absolute Gasteiger partial charge is 0.493 e. The summed E-state index contributed by atoms with van der Waals surface area (Å²) in [6, 6.07) is 0. The van der Waals surface area contributed by atoms with Gasteiger partial charge in [-0.05, 0) is 37.2 Å². The van der Waals surface area contributed by atoms with Crippen LogP contribution in [0.5, 0.6) is 0 Å². The van der Waals surface area contributed by atoms with Crippen LogP contribution in [0.2, 0.25) is 0 Å². The van der Waals surface area contributed by atoms with E-state index in [-0.39, 0.29) is 48.1 Å². The summed E-state index contributed by atoms with van der Waals surface area (Å²) >= 11 is 0. The fraction of sp³-hybridized carbons (Fsp3) is 0.762. The first-order valence-corrected chi connectivity index (χ1v) is 9.74. The molecule has 0 aromatic rings. The molecule has 1 aliphatic heterocycles. The summed E-state index contributed by atoms with van der Waals surface area (Å²) in [5.74, 6) is -1.26. The molecule has 6 heteroatoms. The van der Waals surface area contributed by atoms with E-state index in [9.17, 15) is 19.5 Å². The van der Waals surface area contributed by atoms with Crippen LogP contribution in [0.3, 0.4) is 0 Å². The Labute approximate surface area is 159 Å². The van der Waals surface area contributed by atoms with Gasteiger partial charge in [0.05, 0.1) is 13.5 Å². The third kappa shape index (κ3) is 2.08. The predicted octanol–water partition coefficient (Wildman–Crippen LogP) is 2.04. The molecule has 8 atom stereocenters. The van der Waals surface area contributed by atoms with Crippen LogP contribution in [-0.2, 0) is 23.9 Å². The van der Waals surface area contributed by atoms with Crippen LogP contribution in [0.1, 0.15) is 47.0 Å². The van der Waals surface area contributed by atoms with Crippen molar-refractivity contribution >= 4 is 17.5 Å². The summed E-state index contributed by atoms with van der Waals surface area (Å²) in [5.41, 5.74) is -3.02. The summed E-state index contributed by atoms with van der Waals surface area (Å²) in [6.07, 6.45) is 2.10. The highest BCUT2D eigenvalue weighted by molar-refractivity contribution is 6.01. The van der Waals surface area contributed by atoms with E-state index in [1.165, 1.54) is 14.0 Å². The number of Topliss-reactive ketones (excluding diaryl/α,β-unsaturated/α-hetero) is 2. The van der Waals surface area contributed by atoms with Crippen molar-refractivity contribution < 1.29 is 29.0 Å². The van der Waals surface area contributed by atoms with Gasteiger partial charge in [0.25, 0.3) is 0 Å². The lowest BCUT2D eigenvalue weighted by Gasteiger charge is -2.66. The van der Waals surface area contributed by atoms with Gasteiger partial charge in [0, 0.05) is 23.2 Å². The van der Waals surface area contributed by atoms with Crippen LogP contribution >= 0.6 is 0 Å². The number of carbonyl (C=O) groups is 3. The molecule has 0 aromatic heterocycles. The number of fused-ring (bicyclic) bond motifs is 2. The Morgan fingerprint density at radius 1 is 1.15 bits per heavy atom. The lowest BCUT2D eigenvalue weighted by molar-refractivity contribution is -0.251. The highest BCUT2D eigenvalue weighted by Gasteiger charge is 2.72. The zero-order valence-corrected chi connectivity index (χ0v) is 16.6. The molecule has 2 saturated carbocycles. The third-order valence-electron chi connectivity index (χ3n) is 8.42. The van der Waals surface area contributed by atoms with E-state index in [1.807, 2.05) is 26.8 Å². The maximum Gasteiger partial charge on any atom is 0.306 e. The number of hydrogen-bond acceptors (Lipinski definition) is 6. The minimum absolute atomic E-state index is 0.000293. The van der Waals surface area contributed by atoms with Gasteiger partial charge in [0.15, 0.2) is 11.5 Å². The van der Waals surface area contributed by atoms with Gasteiger partial charge in [-0.1, -0.05) is 20.8 Å². The van der Waals surface area contributed by atoms with Crippen molar-refractivity contribution in [3.8, 4) is 0 Å². The van der Waals surface area contributed by atoms with E-state index in [0.717, 1.165) is 0 Å². The van der Waals surface area contributed by atoms with Crippen LogP contribution in [0.4, 0.5) is 0 Å². The van der Waals surface area contributed by atoms with Crippen molar-refractivity contribution in [2.24, 2.45) is 34.5 Å². The minimum Gasteiger partial charge on any atom is -0.493 e. The number of methoxy groups -OCH3 is 1. The molecule has 0 spiro atoms. The van der Waals surface area contributed by atoms with Crippen molar-refractivity contribution in [1.29, 1.82) is 0 Å². The normalized spacial score (nSPS) is 51.7. The Morgan fingerprint density at radius 2 is 1.81 bits per heavy atom. The monoisotopic (exact) mass is 376 g/mol. The van der Waals surface area contributed by atoms with Gasteiger partial charge in [0.1, 0.15) is 11.7 Å². The van der Waals surface area contributed by atoms with E-state index < -0.39 is 28.5 Å². The van der Waals surface area contributed by atoms with E-state index in [0.29, 0.717) is 12.2 Å². The molecule has 4 rings (SSSR count). The molecular weight excluding hydrogens is 348 g/mol. The highest BCUT2D eigenvalue weighted by atomic mass is 16.5. The second-order valence-corrected chi connectivity index (χ2v) is 9.48. The van der Waals surface area contributed by atoms with Crippen molar-refractivity contribution in [2.75, 3.05) is 7.11 Å². The van der Waals surface area contributed by atoms with E-state index in [4.69, 9.17) is 9.47 Å². The molecule has 1 saturated heterocycles. The van der Waals surface area contributed by atoms with E-state index in [2.05, 4.69) is 0 Å². The summed E-state index contributed by atoms with van der Waals surface area (Å²) in [4.78, 5) is 38.6. The van der Waals surface area contributed by atoms with Gasteiger partial charge in [-0.2, -0.15) is 0 Å². The van der Waals surface area contributed by atoms with E-state index >= 15 is 0 Å². The van der Waals surface area contributed by atoms with Crippen molar-refractivity contribution in [3.63, 3.8) is 0 Å². The summed E-state index contributed by atoms with van der Waals surface area (Å²) in [7, 11) is 1.50. The molecular formula is C21H28O6. The van der Waals surface area contributed by atoms with Crippen LogP contribution in [0.15, 0.2) is 11.8 Å². The number of hydrogen-bond donors (Lipinski definition) is 1. The maximum atomic E-state index is 13.4. The van der Waals surface area contributed by atoms with Crippen molar-refractivity contribution in [1.82, 2.24) is 0 Å². The number of ketones is 2. The molecule has 3 aliphatic carbocycles. The van der Waals surface area contributed by atoms with Gasteiger partial charge in [-0.3, -0.25) is 14.4 Å². The predicted molar refractivity (Wildman–Crippen MR) is 95.3 cm³/mol. The van der Waals surface area contributed by atoms with Crippen LogP contribution in [0, 0.1) is 34.5 Å². The fourth-order valence-electron chi connectivity index (χ4n) is 6.86. The Hall–Kier alpha value is -1.69. The molecule has 148 valence electrons. The molecule has 0 aromatic carbocycles. The lowest BCUT2D eigenvalue weighted by Crippen LogP contribution is -2.72. The van der Waals surface area contributed by atoms with Gasteiger partial charge in [-0.25, -0.2) is 0 Å². The first kappa shape index (κ1) is 18.7. The summed E-state index contributed by atoms with van der Waals surface area (Å²) < 4.78 is 11.1. The molecule has 6 nitrogen and oxygen atoms in total. The smallest absolute Gasteiger partial charge is 0.306 e. The molecule has 0 bridgehead atoms. The Morgan fingerprint density at radius 3 is 2.44 bits per heavy atom. The van der Waals surface area contributed by atoms with Crippen LogP contribution in [-0.4, -0.2) is 41.5 Å². The summed E-state index contributed by atoms with van der Waals surface area (Å²) in [6.45, 7) is 7.48. The minimum atomic E-state index is -1.59. The Bertz CT molecular complexity index is 767. The molecule has 0 radical (unpaired) electrons. The molecule has 4 aliphatic rings. The average molecular weight is 376 g/mol. The number of rotatable bonds is 1. The zero-order valence-electron chi connectivity index (χ0n) is 16.6. The number of esters is 1. The standard InChI is InChI=1S/C21H28O6/c1-10-6-12(26-5)18(24)19(2)11(10)7-16-20(3)13(19)8-15(22)21(4,25)14(20)9-17(23)27-16/h6,10-11,13-14,16,25H,7-9H2,1-5H3/t10-,11+,13-,14-,16-,19+,20-,21?/m1/s1. The average Bonchev–Trinajstić information content (AvgIpc) is 2.59. The lowest BCUT2D eigenvalue weighted by atomic mass is 9.38. The van der Waals surface area contributed by atoms with Crippen molar-refractivity contribution in [2.45, 2.75) is 58.7 Å². The van der Waals surface area contributed by atoms with Gasteiger partial charge in [0.2, 0.25) is 5.78 Å². The number of aliphatic hydroxyl groups is 1. The number of allylic oxidation sites excluding steroid dienone is 2. The highest BCUT2D eigenvalue weighted by Crippen LogP contribution is 2.68. The molecule has 1 heterocycles. The Balaban J connectivity index is 1.92. The van der Waals surface area contributed by atoms with Gasteiger partial charge < -0.3 is 14.6 Å². The maximum absolute atomic E-state index is 13.4. The molecule has 1 unspecified atom stereocenters. The molecule has 1 N–H and O–H groups in total. The van der Waals surface area contributed by atoms with Crippen LogP contribution in [0.25, 0.3) is 0 Å². The van der Waals surface area contributed by atoms with Gasteiger partial charge >= 0.3 is 5.97 Å². The topological polar surface area (TPSA) is 89.9 Å². The summed E-state index contributed by atoms with van der Waals surface area (Å²) in [5, 5.41) is 11.0. The fourth-order valence-corrected chi connectivity index (χ4v) is 6.86. The SMILES string of the molecule is COC1=C[C@@H](C)[C@@H]2C[C@H]3OC(=O)C[C@H]4C(C)(O)C(=O)C[C@H]([C@@]2(C)C1=O)[C@@]34C. The first-order valence-electron chi connectivity index (χ1n) is 9.74.